The van der Waals surface area contributed by atoms with Gasteiger partial charge in [0.05, 0.1) is 11.1 Å². The Morgan fingerprint density at radius 2 is 1.57 bits per heavy atom. The standard InChI is InChI=1S/C21H20N2/c1-21(2,3)23-20-18(14-13-16-9-5-4-6-10-16)15-17-11-7-8-12-19(17)22-20/h4-12,15H,1-3H3,(H,22,23). The number of hydrogen-bond donors (Lipinski definition) is 1. The highest BCUT2D eigenvalue weighted by Crippen LogP contribution is 2.22. The molecule has 3 aromatic rings. The Hall–Kier alpha value is -2.79. The highest BCUT2D eigenvalue weighted by atomic mass is 15.0. The van der Waals surface area contributed by atoms with Crippen molar-refractivity contribution in [1.29, 1.82) is 0 Å². The topological polar surface area (TPSA) is 24.9 Å². The van der Waals surface area contributed by atoms with E-state index in [2.05, 4.69) is 50.1 Å². The highest BCUT2D eigenvalue weighted by molar-refractivity contribution is 5.83. The molecule has 0 saturated carbocycles. The summed E-state index contributed by atoms with van der Waals surface area (Å²) in [6.45, 7) is 6.37. The number of fused-ring (bicyclic) bond motifs is 1. The van der Waals surface area contributed by atoms with E-state index in [4.69, 9.17) is 4.98 Å². The summed E-state index contributed by atoms with van der Waals surface area (Å²) in [5, 5.41) is 4.57. The number of pyridine rings is 1. The van der Waals surface area contributed by atoms with E-state index in [0.29, 0.717) is 0 Å². The fraction of sp³-hybridized carbons (Fsp3) is 0.190. The molecule has 0 spiro atoms. The Morgan fingerprint density at radius 3 is 2.30 bits per heavy atom. The predicted molar refractivity (Wildman–Crippen MR) is 97.5 cm³/mol. The van der Waals surface area contributed by atoms with E-state index in [1.165, 1.54) is 0 Å². The third kappa shape index (κ3) is 3.90. The average molecular weight is 300 g/mol. The first kappa shape index (κ1) is 15.1. The Bertz CT molecular complexity index is 878. The van der Waals surface area contributed by atoms with Gasteiger partial charge in [-0.25, -0.2) is 4.98 Å². The van der Waals surface area contributed by atoms with Crippen LogP contribution in [0.1, 0.15) is 31.9 Å². The van der Waals surface area contributed by atoms with Gasteiger partial charge in [0, 0.05) is 16.5 Å². The normalized spacial score (nSPS) is 10.9. The quantitative estimate of drug-likeness (QED) is 0.650. The summed E-state index contributed by atoms with van der Waals surface area (Å²) in [5.74, 6) is 7.32. The Balaban J connectivity index is 2.09. The first-order valence-electron chi connectivity index (χ1n) is 7.76. The van der Waals surface area contributed by atoms with Crippen molar-refractivity contribution in [3.8, 4) is 11.8 Å². The molecule has 114 valence electrons. The van der Waals surface area contributed by atoms with Gasteiger partial charge in [-0.05, 0) is 45.0 Å². The van der Waals surface area contributed by atoms with Gasteiger partial charge in [0.1, 0.15) is 5.82 Å². The van der Waals surface area contributed by atoms with E-state index in [9.17, 15) is 0 Å². The molecule has 0 atom stereocenters. The molecule has 3 rings (SSSR count). The molecule has 0 aliphatic heterocycles. The fourth-order valence-corrected chi connectivity index (χ4v) is 2.32. The molecule has 0 saturated heterocycles. The molecular formula is C21H20N2. The molecule has 1 aromatic heterocycles. The maximum atomic E-state index is 4.76. The van der Waals surface area contributed by atoms with Crippen molar-refractivity contribution >= 4 is 16.7 Å². The van der Waals surface area contributed by atoms with Crippen molar-refractivity contribution < 1.29 is 0 Å². The van der Waals surface area contributed by atoms with Gasteiger partial charge in [-0.2, -0.15) is 0 Å². The van der Waals surface area contributed by atoms with Crippen molar-refractivity contribution in [1.82, 2.24) is 4.98 Å². The molecule has 0 amide bonds. The van der Waals surface area contributed by atoms with Gasteiger partial charge >= 0.3 is 0 Å². The predicted octanol–water partition coefficient (Wildman–Crippen LogP) is 4.85. The minimum atomic E-state index is -0.0708. The zero-order chi connectivity index (χ0) is 16.3. The minimum Gasteiger partial charge on any atom is -0.364 e. The van der Waals surface area contributed by atoms with Crippen molar-refractivity contribution in [2.45, 2.75) is 26.3 Å². The molecule has 0 unspecified atom stereocenters. The first-order chi connectivity index (χ1) is 11.0. The van der Waals surface area contributed by atoms with Crippen LogP contribution in [-0.2, 0) is 0 Å². The number of nitrogens with zero attached hydrogens (tertiary/aromatic N) is 1. The van der Waals surface area contributed by atoms with Crippen LogP contribution < -0.4 is 5.32 Å². The van der Waals surface area contributed by atoms with Crippen LogP contribution in [-0.4, -0.2) is 10.5 Å². The van der Waals surface area contributed by atoms with E-state index in [-0.39, 0.29) is 5.54 Å². The van der Waals surface area contributed by atoms with Crippen molar-refractivity contribution in [2.24, 2.45) is 0 Å². The Labute approximate surface area is 137 Å². The number of para-hydroxylation sites is 1. The van der Waals surface area contributed by atoms with E-state index in [1.54, 1.807) is 0 Å². The van der Waals surface area contributed by atoms with Crippen LogP contribution in [0.3, 0.4) is 0 Å². The van der Waals surface area contributed by atoms with E-state index >= 15 is 0 Å². The number of aromatic nitrogens is 1. The van der Waals surface area contributed by atoms with E-state index < -0.39 is 0 Å². The SMILES string of the molecule is CC(C)(C)Nc1nc2ccccc2cc1C#Cc1ccccc1. The summed E-state index contributed by atoms with van der Waals surface area (Å²) in [7, 11) is 0. The summed E-state index contributed by atoms with van der Waals surface area (Å²) in [6.07, 6.45) is 0. The van der Waals surface area contributed by atoms with Crippen LogP contribution in [0.15, 0.2) is 60.7 Å². The van der Waals surface area contributed by atoms with Gasteiger partial charge in [0.15, 0.2) is 0 Å². The lowest BCUT2D eigenvalue weighted by Gasteiger charge is -2.22. The lowest BCUT2D eigenvalue weighted by molar-refractivity contribution is 0.630. The zero-order valence-corrected chi connectivity index (χ0v) is 13.7. The number of rotatable bonds is 1. The van der Waals surface area contributed by atoms with Gasteiger partial charge < -0.3 is 5.32 Å². The average Bonchev–Trinajstić information content (AvgIpc) is 2.52. The fourth-order valence-electron chi connectivity index (χ4n) is 2.32. The van der Waals surface area contributed by atoms with Gasteiger partial charge in [-0.3, -0.25) is 0 Å². The number of hydrogen-bond acceptors (Lipinski definition) is 2. The van der Waals surface area contributed by atoms with Crippen molar-refractivity contribution in [2.75, 3.05) is 5.32 Å². The monoisotopic (exact) mass is 300 g/mol. The second-order valence-corrected chi connectivity index (χ2v) is 6.57. The molecule has 23 heavy (non-hydrogen) atoms. The summed E-state index contributed by atoms with van der Waals surface area (Å²) < 4.78 is 0. The maximum Gasteiger partial charge on any atom is 0.142 e. The van der Waals surface area contributed by atoms with Gasteiger partial charge in [-0.15, -0.1) is 0 Å². The lowest BCUT2D eigenvalue weighted by atomic mass is 10.1. The summed E-state index contributed by atoms with van der Waals surface area (Å²) in [6, 6.07) is 20.2. The summed E-state index contributed by atoms with van der Waals surface area (Å²) in [4.78, 5) is 4.76. The van der Waals surface area contributed by atoms with Crippen LogP contribution in [0.25, 0.3) is 10.9 Å². The Morgan fingerprint density at radius 1 is 0.870 bits per heavy atom. The van der Waals surface area contributed by atoms with E-state index in [0.717, 1.165) is 27.8 Å². The van der Waals surface area contributed by atoms with Crippen LogP contribution in [0, 0.1) is 11.8 Å². The molecule has 2 heteroatoms. The first-order valence-corrected chi connectivity index (χ1v) is 7.76. The van der Waals surface area contributed by atoms with Gasteiger partial charge in [0.25, 0.3) is 0 Å². The van der Waals surface area contributed by atoms with E-state index in [1.807, 2.05) is 48.5 Å². The smallest absolute Gasteiger partial charge is 0.142 e. The van der Waals surface area contributed by atoms with Crippen LogP contribution in [0.5, 0.6) is 0 Å². The molecule has 0 aliphatic carbocycles. The molecule has 0 radical (unpaired) electrons. The second kappa shape index (κ2) is 6.14. The van der Waals surface area contributed by atoms with Crippen molar-refractivity contribution in [3.63, 3.8) is 0 Å². The van der Waals surface area contributed by atoms with Crippen LogP contribution >= 0.6 is 0 Å². The largest absolute Gasteiger partial charge is 0.364 e. The maximum absolute atomic E-state index is 4.76. The van der Waals surface area contributed by atoms with Crippen molar-refractivity contribution in [3.05, 3.63) is 71.8 Å². The summed E-state index contributed by atoms with van der Waals surface area (Å²) in [5.41, 5.74) is 2.83. The summed E-state index contributed by atoms with van der Waals surface area (Å²) >= 11 is 0. The number of benzene rings is 2. The second-order valence-electron chi connectivity index (χ2n) is 6.57. The molecule has 0 aliphatic rings. The van der Waals surface area contributed by atoms with Crippen LogP contribution in [0.2, 0.25) is 0 Å². The molecule has 2 nitrogen and oxygen atoms in total. The third-order valence-electron chi connectivity index (χ3n) is 3.33. The molecule has 1 heterocycles. The molecular weight excluding hydrogens is 280 g/mol. The molecule has 0 fully saturated rings. The van der Waals surface area contributed by atoms with Gasteiger partial charge in [-0.1, -0.05) is 48.2 Å². The molecule has 2 aromatic carbocycles. The van der Waals surface area contributed by atoms with Crippen LogP contribution in [0.4, 0.5) is 5.82 Å². The number of nitrogens with one attached hydrogen (secondary N) is 1. The number of anilines is 1. The molecule has 0 bridgehead atoms. The lowest BCUT2D eigenvalue weighted by Crippen LogP contribution is -2.27. The zero-order valence-electron chi connectivity index (χ0n) is 13.7. The third-order valence-corrected chi connectivity index (χ3v) is 3.33. The Kier molecular flexibility index (Phi) is 4.04. The molecule has 1 N–H and O–H groups in total. The minimum absolute atomic E-state index is 0.0708. The van der Waals surface area contributed by atoms with Gasteiger partial charge in [0.2, 0.25) is 0 Å². The highest BCUT2D eigenvalue weighted by Gasteiger charge is 2.13.